The van der Waals surface area contributed by atoms with E-state index >= 15 is 0 Å². The standard InChI is InChI=1S/C32H34N2O5/c1-3-5-6-7-8-18-37-24-14-12-22(13-15-24)30-27-17-16-26(20-29(27)39-31(34)28(30)21-33)38-32(35)23-10-9-11-25(19-23)36-4-2/h9-17,19-20,30H,3-8,18,34H2,1-2H3. The largest absolute Gasteiger partial charge is 0.494 e. The summed E-state index contributed by atoms with van der Waals surface area (Å²) in [4.78, 5) is 12.8. The molecule has 0 saturated heterocycles. The first-order valence-corrected chi connectivity index (χ1v) is 13.4. The van der Waals surface area contributed by atoms with Gasteiger partial charge in [-0.2, -0.15) is 5.26 Å². The third-order valence-electron chi connectivity index (χ3n) is 6.51. The van der Waals surface area contributed by atoms with Gasteiger partial charge in [-0.25, -0.2) is 4.79 Å². The lowest BCUT2D eigenvalue weighted by Gasteiger charge is -2.26. The third-order valence-corrected chi connectivity index (χ3v) is 6.51. The molecule has 2 N–H and O–H groups in total. The first-order valence-electron chi connectivity index (χ1n) is 13.4. The number of carbonyl (C=O) groups excluding carboxylic acids is 1. The second-order valence-electron chi connectivity index (χ2n) is 9.31. The lowest BCUT2D eigenvalue weighted by molar-refractivity contribution is 0.0734. The number of unbranched alkanes of at least 4 members (excludes halogenated alkanes) is 4. The molecule has 7 heteroatoms. The number of esters is 1. The molecule has 0 radical (unpaired) electrons. The summed E-state index contributed by atoms with van der Waals surface area (Å²) in [6, 6.07) is 21.8. The van der Waals surface area contributed by atoms with Gasteiger partial charge in [-0.1, -0.05) is 56.9 Å². The van der Waals surface area contributed by atoms with Crippen LogP contribution in [0.3, 0.4) is 0 Å². The van der Waals surface area contributed by atoms with E-state index in [0.29, 0.717) is 41.6 Å². The van der Waals surface area contributed by atoms with Gasteiger partial charge in [0.05, 0.1) is 24.7 Å². The van der Waals surface area contributed by atoms with E-state index < -0.39 is 11.9 Å². The minimum absolute atomic E-state index is 0.0234. The quantitative estimate of drug-likeness (QED) is 0.156. The van der Waals surface area contributed by atoms with Crippen molar-refractivity contribution in [1.82, 2.24) is 0 Å². The lowest BCUT2D eigenvalue weighted by atomic mass is 9.83. The number of carbonyl (C=O) groups is 1. The fourth-order valence-electron chi connectivity index (χ4n) is 4.54. The molecule has 1 aliphatic rings. The summed E-state index contributed by atoms with van der Waals surface area (Å²) in [6.45, 7) is 5.25. The number of hydrogen-bond acceptors (Lipinski definition) is 7. The maximum absolute atomic E-state index is 12.8. The molecule has 3 aromatic carbocycles. The zero-order valence-electron chi connectivity index (χ0n) is 22.4. The van der Waals surface area contributed by atoms with Crippen LogP contribution in [-0.4, -0.2) is 19.2 Å². The molecular formula is C32H34N2O5. The Morgan fingerprint density at radius 2 is 1.69 bits per heavy atom. The van der Waals surface area contributed by atoms with Crippen molar-refractivity contribution in [3.8, 4) is 29.1 Å². The molecule has 4 rings (SSSR count). The summed E-state index contributed by atoms with van der Waals surface area (Å²) < 4.78 is 22.8. The second kappa shape index (κ2) is 13.4. The van der Waals surface area contributed by atoms with Gasteiger partial charge < -0.3 is 24.7 Å². The number of rotatable bonds is 12. The van der Waals surface area contributed by atoms with Crippen molar-refractivity contribution in [3.05, 3.63) is 94.9 Å². The maximum atomic E-state index is 12.8. The number of ether oxygens (including phenoxy) is 4. The topological polar surface area (TPSA) is 104 Å². The van der Waals surface area contributed by atoms with Crippen LogP contribution in [0.4, 0.5) is 0 Å². The van der Waals surface area contributed by atoms with Crippen LogP contribution in [0, 0.1) is 11.3 Å². The summed E-state index contributed by atoms with van der Waals surface area (Å²) in [5, 5.41) is 9.87. The summed E-state index contributed by atoms with van der Waals surface area (Å²) >= 11 is 0. The number of nitrogens with zero attached hydrogens (tertiary/aromatic N) is 1. The van der Waals surface area contributed by atoms with Gasteiger partial charge in [0.2, 0.25) is 5.88 Å². The molecule has 202 valence electrons. The average Bonchev–Trinajstić information content (AvgIpc) is 2.95. The molecule has 39 heavy (non-hydrogen) atoms. The number of nitrogens with two attached hydrogens (primary N) is 1. The normalized spacial score (nSPS) is 14.1. The summed E-state index contributed by atoms with van der Waals surface area (Å²) in [5.41, 5.74) is 8.48. The number of allylic oxidation sites excluding steroid dienone is 1. The molecule has 0 aromatic heterocycles. The van der Waals surface area contributed by atoms with Gasteiger partial charge in [-0.05, 0) is 55.3 Å². The van der Waals surface area contributed by atoms with Gasteiger partial charge in [0.1, 0.15) is 34.6 Å². The van der Waals surface area contributed by atoms with Crippen LogP contribution in [0.15, 0.2) is 78.2 Å². The van der Waals surface area contributed by atoms with Crippen LogP contribution in [0.5, 0.6) is 23.0 Å². The van der Waals surface area contributed by atoms with Gasteiger partial charge >= 0.3 is 5.97 Å². The molecule has 3 aromatic rings. The van der Waals surface area contributed by atoms with Gasteiger partial charge in [-0.15, -0.1) is 0 Å². The predicted molar refractivity (Wildman–Crippen MR) is 149 cm³/mol. The number of fused-ring (bicyclic) bond motifs is 1. The summed E-state index contributed by atoms with van der Waals surface area (Å²) in [6.07, 6.45) is 5.90. The molecule has 1 heterocycles. The molecule has 0 aliphatic carbocycles. The molecule has 1 aliphatic heterocycles. The molecule has 1 unspecified atom stereocenters. The highest BCUT2D eigenvalue weighted by Gasteiger charge is 2.31. The van der Waals surface area contributed by atoms with E-state index in [0.717, 1.165) is 29.7 Å². The minimum Gasteiger partial charge on any atom is -0.494 e. The molecule has 0 spiro atoms. The molecule has 0 bridgehead atoms. The van der Waals surface area contributed by atoms with E-state index in [1.165, 1.54) is 19.3 Å². The van der Waals surface area contributed by atoms with Crippen LogP contribution in [0.2, 0.25) is 0 Å². The lowest BCUT2D eigenvalue weighted by Crippen LogP contribution is -2.21. The Bertz CT molecular complexity index is 1360. The van der Waals surface area contributed by atoms with Crippen LogP contribution in [-0.2, 0) is 0 Å². The van der Waals surface area contributed by atoms with Crippen LogP contribution < -0.4 is 24.7 Å². The van der Waals surface area contributed by atoms with Crippen LogP contribution in [0.1, 0.15) is 73.4 Å². The fraction of sp³-hybridized carbons (Fsp3) is 0.312. The van der Waals surface area contributed by atoms with Gasteiger partial charge in [0.15, 0.2) is 0 Å². The summed E-state index contributed by atoms with van der Waals surface area (Å²) in [5.74, 6) is 1.19. The third kappa shape index (κ3) is 6.91. The van der Waals surface area contributed by atoms with E-state index in [4.69, 9.17) is 24.7 Å². The van der Waals surface area contributed by atoms with E-state index in [9.17, 15) is 10.1 Å². The number of benzene rings is 3. The van der Waals surface area contributed by atoms with Crippen molar-refractivity contribution in [1.29, 1.82) is 5.26 Å². The Kier molecular flexibility index (Phi) is 9.47. The van der Waals surface area contributed by atoms with Crippen molar-refractivity contribution in [2.75, 3.05) is 13.2 Å². The monoisotopic (exact) mass is 526 g/mol. The Balaban J connectivity index is 1.50. The van der Waals surface area contributed by atoms with E-state index in [2.05, 4.69) is 13.0 Å². The molecule has 7 nitrogen and oxygen atoms in total. The Labute approximate surface area is 229 Å². The van der Waals surface area contributed by atoms with Gasteiger partial charge in [0, 0.05) is 11.6 Å². The highest BCUT2D eigenvalue weighted by atomic mass is 16.5. The first kappa shape index (κ1) is 27.6. The van der Waals surface area contributed by atoms with Gasteiger partial charge in [-0.3, -0.25) is 0 Å². The number of hydrogen-bond donors (Lipinski definition) is 1. The Morgan fingerprint density at radius 1 is 0.923 bits per heavy atom. The van der Waals surface area contributed by atoms with Crippen molar-refractivity contribution >= 4 is 5.97 Å². The van der Waals surface area contributed by atoms with Crippen molar-refractivity contribution in [2.45, 2.75) is 51.9 Å². The average molecular weight is 527 g/mol. The zero-order chi connectivity index (χ0) is 27.6. The van der Waals surface area contributed by atoms with Gasteiger partial charge in [0.25, 0.3) is 0 Å². The van der Waals surface area contributed by atoms with Crippen molar-refractivity contribution in [3.63, 3.8) is 0 Å². The molecule has 0 amide bonds. The van der Waals surface area contributed by atoms with Crippen molar-refractivity contribution < 1.29 is 23.7 Å². The molecule has 0 fully saturated rings. The van der Waals surface area contributed by atoms with Crippen LogP contribution in [0.25, 0.3) is 0 Å². The molecule has 0 saturated carbocycles. The van der Waals surface area contributed by atoms with E-state index in [1.54, 1.807) is 42.5 Å². The van der Waals surface area contributed by atoms with E-state index in [-0.39, 0.29) is 5.88 Å². The predicted octanol–water partition coefficient (Wildman–Crippen LogP) is 6.87. The highest BCUT2D eigenvalue weighted by molar-refractivity contribution is 5.91. The van der Waals surface area contributed by atoms with Crippen LogP contribution >= 0.6 is 0 Å². The Hall–Kier alpha value is -4.44. The second-order valence-corrected chi connectivity index (χ2v) is 9.31. The first-order chi connectivity index (χ1) is 19.0. The molecule has 1 atom stereocenters. The minimum atomic E-state index is -0.522. The van der Waals surface area contributed by atoms with E-state index in [1.807, 2.05) is 31.2 Å². The molecular weight excluding hydrogens is 492 g/mol. The summed E-state index contributed by atoms with van der Waals surface area (Å²) in [7, 11) is 0. The highest BCUT2D eigenvalue weighted by Crippen LogP contribution is 2.43. The smallest absolute Gasteiger partial charge is 0.343 e. The van der Waals surface area contributed by atoms with Crippen molar-refractivity contribution in [2.24, 2.45) is 5.73 Å². The number of nitriles is 1. The Morgan fingerprint density at radius 3 is 2.44 bits per heavy atom. The fourth-order valence-corrected chi connectivity index (χ4v) is 4.54. The maximum Gasteiger partial charge on any atom is 0.343 e. The zero-order valence-corrected chi connectivity index (χ0v) is 22.4. The SMILES string of the molecule is CCCCCCCOc1ccc(C2C(C#N)=C(N)Oc3cc(OC(=O)c4cccc(OCC)c4)ccc32)cc1.